The largest absolute Gasteiger partial charge is 0.756 e. The molecule has 0 saturated heterocycles. The van der Waals surface area contributed by atoms with Crippen molar-refractivity contribution in [1.29, 1.82) is 0 Å². The molecule has 2 unspecified atom stereocenters. The number of carbonyl (C=O) groups excluding carboxylic acids is 1. The van der Waals surface area contributed by atoms with Crippen molar-refractivity contribution < 1.29 is 47.0 Å². The summed E-state index contributed by atoms with van der Waals surface area (Å²) in [4.78, 5) is 22.7. The van der Waals surface area contributed by atoms with E-state index in [-0.39, 0.29) is 26.0 Å². The van der Waals surface area contributed by atoms with Crippen LogP contribution in [0.25, 0.3) is 0 Å². The molecule has 0 aromatic rings. The number of phosphoric ester groups is 1. The van der Waals surface area contributed by atoms with Gasteiger partial charge in [0, 0.05) is 40.9 Å². The number of ether oxygens (including phenoxy) is 5. The van der Waals surface area contributed by atoms with Gasteiger partial charge in [-0.05, 0) is 19.3 Å². The van der Waals surface area contributed by atoms with Gasteiger partial charge in [-0.25, -0.2) is 0 Å². The molecular weight excluding hydrogens is 457 g/mol. The fourth-order valence-corrected chi connectivity index (χ4v) is 2.93. The Labute approximate surface area is 199 Å². The summed E-state index contributed by atoms with van der Waals surface area (Å²) in [6.45, 7) is 3.91. The third-order valence-electron chi connectivity index (χ3n) is 4.24. The first kappa shape index (κ1) is 34.5. The SMILES string of the molecule is C.COCCOCC(COCCCCCCC(=O)NCCCOP(=O)([O-])OC)OCCOC. The van der Waals surface area contributed by atoms with Crippen LogP contribution in [0, 0.1) is 0 Å². The van der Waals surface area contributed by atoms with E-state index in [1.165, 1.54) is 0 Å². The molecule has 0 spiro atoms. The highest BCUT2D eigenvalue weighted by Crippen LogP contribution is 2.36. The van der Waals surface area contributed by atoms with Crippen LogP contribution in [0.3, 0.4) is 0 Å². The number of amides is 1. The number of rotatable bonds is 24. The van der Waals surface area contributed by atoms with Crippen LogP contribution in [-0.4, -0.2) is 92.7 Å². The van der Waals surface area contributed by atoms with Crippen molar-refractivity contribution in [3.8, 4) is 0 Å². The normalized spacial score (nSPS) is 13.8. The lowest BCUT2D eigenvalue weighted by atomic mass is 10.1. The number of phosphoric acid groups is 1. The quantitative estimate of drug-likeness (QED) is 0.154. The highest BCUT2D eigenvalue weighted by atomic mass is 31.2. The number of carbonyl (C=O) groups is 1. The average Bonchev–Trinajstić information content (AvgIpc) is 2.77. The van der Waals surface area contributed by atoms with Crippen LogP contribution in [0.1, 0.15) is 46.0 Å². The maximum Gasteiger partial charge on any atom is 0.267 e. The van der Waals surface area contributed by atoms with Gasteiger partial charge in [0.15, 0.2) is 0 Å². The Morgan fingerprint density at radius 2 is 1.48 bits per heavy atom. The minimum absolute atomic E-state index is 0. The van der Waals surface area contributed by atoms with Gasteiger partial charge in [0.1, 0.15) is 6.10 Å². The minimum Gasteiger partial charge on any atom is -0.756 e. The first-order valence-electron chi connectivity index (χ1n) is 11.0. The molecule has 2 atom stereocenters. The van der Waals surface area contributed by atoms with Gasteiger partial charge in [0.2, 0.25) is 5.91 Å². The molecule has 0 rings (SSSR count). The summed E-state index contributed by atoms with van der Waals surface area (Å²) in [5.74, 6) is -0.0529. The molecule has 1 N–H and O–H groups in total. The third-order valence-corrected chi connectivity index (χ3v) is 5.19. The second kappa shape index (κ2) is 24.5. The highest BCUT2D eigenvalue weighted by molar-refractivity contribution is 7.45. The minimum atomic E-state index is -4.19. The fraction of sp³-hybridized carbons (Fsp3) is 0.952. The van der Waals surface area contributed by atoms with E-state index in [1.54, 1.807) is 14.2 Å². The van der Waals surface area contributed by atoms with Crippen molar-refractivity contribution in [3.63, 3.8) is 0 Å². The van der Waals surface area contributed by atoms with Crippen molar-refractivity contribution in [1.82, 2.24) is 5.32 Å². The summed E-state index contributed by atoms with van der Waals surface area (Å²) >= 11 is 0. The van der Waals surface area contributed by atoms with Crippen LogP contribution in [0.4, 0.5) is 0 Å². The molecule has 0 saturated carbocycles. The summed E-state index contributed by atoms with van der Waals surface area (Å²) in [6.07, 6.45) is 4.28. The summed E-state index contributed by atoms with van der Waals surface area (Å²) < 4.78 is 46.6. The molecule has 1 amide bonds. The molecule has 200 valence electrons. The zero-order chi connectivity index (χ0) is 23.9. The predicted molar refractivity (Wildman–Crippen MR) is 123 cm³/mol. The number of methoxy groups -OCH3 is 2. The lowest BCUT2D eigenvalue weighted by molar-refractivity contribution is -0.222. The number of nitrogens with one attached hydrogen (secondary N) is 1. The monoisotopic (exact) mass is 502 g/mol. The lowest BCUT2D eigenvalue weighted by Crippen LogP contribution is -2.28. The summed E-state index contributed by atoms with van der Waals surface area (Å²) in [7, 11) is 0.107. The zero-order valence-corrected chi connectivity index (χ0v) is 20.6. The van der Waals surface area contributed by atoms with E-state index in [2.05, 4.69) is 14.4 Å². The van der Waals surface area contributed by atoms with E-state index in [0.717, 1.165) is 32.8 Å². The Hall–Kier alpha value is -0.620. The first-order chi connectivity index (χ1) is 15.4. The first-order valence-corrected chi connectivity index (χ1v) is 12.4. The van der Waals surface area contributed by atoms with Crippen molar-refractivity contribution in [3.05, 3.63) is 0 Å². The van der Waals surface area contributed by atoms with Crippen LogP contribution >= 0.6 is 7.82 Å². The molecular formula is C21H45NO10P-. The van der Waals surface area contributed by atoms with Gasteiger partial charge in [-0.3, -0.25) is 9.36 Å². The van der Waals surface area contributed by atoms with E-state index in [9.17, 15) is 14.3 Å². The van der Waals surface area contributed by atoms with Crippen molar-refractivity contribution in [2.75, 3.05) is 80.7 Å². The second-order valence-corrected chi connectivity index (χ2v) is 8.48. The van der Waals surface area contributed by atoms with Crippen LogP contribution in [0.2, 0.25) is 0 Å². The lowest BCUT2D eigenvalue weighted by Gasteiger charge is -2.19. The Bertz CT molecular complexity index is 484. The van der Waals surface area contributed by atoms with Crippen LogP contribution in [0.15, 0.2) is 0 Å². The summed E-state index contributed by atoms with van der Waals surface area (Å²) in [6, 6.07) is 0. The topological polar surface area (TPSA) is 134 Å². The molecule has 12 heteroatoms. The van der Waals surface area contributed by atoms with Gasteiger partial charge in [-0.15, -0.1) is 0 Å². The Kier molecular flexibility index (Phi) is 25.7. The van der Waals surface area contributed by atoms with Crippen molar-refractivity contribution >= 4 is 13.7 Å². The molecule has 0 aliphatic heterocycles. The smallest absolute Gasteiger partial charge is 0.267 e. The molecule has 0 radical (unpaired) electrons. The number of unbranched alkanes of at least 4 members (excludes halogenated alkanes) is 3. The maximum absolute atomic E-state index is 11.7. The molecule has 0 bridgehead atoms. The van der Waals surface area contributed by atoms with Gasteiger partial charge in [-0.2, -0.15) is 0 Å². The number of hydrogen-bond donors (Lipinski definition) is 1. The molecule has 33 heavy (non-hydrogen) atoms. The van der Waals surface area contributed by atoms with E-state index in [0.29, 0.717) is 65.6 Å². The fourth-order valence-electron chi connectivity index (χ4n) is 2.47. The summed E-state index contributed by atoms with van der Waals surface area (Å²) in [5.41, 5.74) is 0. The molecule has 0 fully saturated rings. The van der Waals surface area contributed by atoms with E-state index >= 15 is 0 Å². The molecule has 0 aliphatic carbocycles. The maximum atomic E-state index is 11.7. The van der Waals surface area contributed by atoms with Gasteiger partial charge < -0.3 is 42.9 Å². The Morgan fingerprint density at radius 3 is 2.15 bits per heavy atom. The van der Waals surface area contributed by atoms with Crippen molar-refractivity contribution in [2.45, 2.75) is 52.1 Å². The number of hydrogen-bond acceptors (Lipinski definition) is 10. The van der Waals surface area contributed by atoms with Gasteiger partial charge in [-0.1, -0.05) is 20.3 Å². The van der Waals surface area contributed by atoms with Crippen LogP contribution in [-0.2, 0) is 42.1 Å². The summed E-state index contributed by atoms with van der Waals surface area (Å²) in [5, 5.41) is 2.74. The average molecular weight is 503 g/mol. The molecule has 0 aromatic carbocycles. The molecule has 11 nitrogen and oxygen atoms in total. The van der Waals surface area contributed by atoms with E-state index in [1.807, 2.05) is 0 Å². The second-order valence-electron chi connectivity index (χ2n) is 6.96. The van der Waals surface area contributed by atoms with E-state index < -0.39 is 7.82 Å². The zero-order valence-electron chi connectivity index (χ0n) is 19.7. The Morgan fingerprint density at radius 1 is 0.848 bits per heavy atom. The molecule has 0 heterocycles. The standard InChI is InChI=1S/C20H42NO10P.CH4/c1-25-13-15-29-18-19(30-16-14-26-2)17-28-11-7-5-4-6-9-20(22)21-10-8-12-31-32(23,24)27-3;/h19H,4-18H2,1-3H3,(H,21,22)(H,23,24);1H4/p-1. The van der Waals surface area contributed by atoms with Gasteiger partial charge >= 0.3 is 0 Å². The molecule has 0 aliphatic rings. The predicted octanol–water partition coefficient (Wildman–Crippen LogP) is 1.92. The van der Waals surface area contributed by atoms with Crippen molar-refractivity contribution in [2.24, 2.45) is 0 Å². The third kappa shape index (κ3) is 24.3. The van der Waals surface area contributed by atoms with Crippen LogP contribution < -0.4 is 10.2 Å². The highest BCUT2D eigenvalue weighted by Gasteiger charge is 2.10. The van der Waals surface area contributed by atoms with E-state index in [4.69, 9.17) is 23.7 Å². The van der Waals surface area contributed by atoms with Crippen LogP contribution in [0.5, 0.6) is 0 Å². The Balaban J connectivity index is 0. The van der Waals surface area contributed by atoms with Gasteiger partial charge in [0.05, 0.1) is 46.2 Å². The molecule has 0 aromatic heterocycles. The van der Waals surface area contributed by atoms with Gasteiger partial charge in [0.25, 0.3) is 7.82 Å².